The van der Waals surface area contributed by atoms with Crippen molar-refractivity contribution in [3.05, 3.63) is 22.7 Å². The summed E-state index contributed by atoms with van der Waals surface area (Å²) in [6, 6.07) is 0.511. The first-order valence-electron chi connectivity index (χ1n) is 7.16. The number of nitrogens with zero attached hydrogens (tertiary/aromatic N) is 3. The Kier molecular flexibility index (Phi) is 5.43. The van der Waals surface area contributed by atoms with Crippen LogP contribution in [0.3, 0.4) is 0 Å². The Morgan fingerprint density at radius 1 is 1.53 bits per heavy atom. The van der Waals surface area contributed by atoms with Crippen molar-refractivity contribution in [1.82, 2.24) is 9.55 Å². The fraction of sp³-hybridized carbons (Fsp3) is 0.714. The number of halogens is 1. The molecule has 1 heterocycles. The van der Waals surface area contributed by atoms with Crippen molar-refractivity contribution < 1.29 is 0 Å². The summed E-state index contributed by atoms with van der Waals surface area (Å²) >= 11 is 3.47. The van der Waals surface area contributed by atoms with E-state index in [-0.39, 0.29) is 5.56 Å². The average Bonchev–Trinajstić information content (AvgIpc) is 2.35. The lowest BCUT2D eigenvalue weighted by molar-refractivity contribution is 0.382. The second kappa shape index (κ2) is 7.08. The summed E-state index contributed by atoms with van der Waals surface area (Å²) in [5.41, 5.74) is 0.0609. The van der Waals surface area contributed by atoms with Crippen LogP contribution in [-0.2, 0) is 6.54 Å². The maximum Gasteiger partial charge on any atom is 0.293 e. The standard InChI is InChI=1S/C14H22BrN3O/c1-2-9-17-11-8-16-13(14(17)19)18(10-4-7-15)12-5-3-6-12/h8,11-12H,2-7,9-10H2,1H3. The summed E-state index contributed by atoms with van der Waals surface area (Å²) < 4.78 is 1.78. The molecule has 2 rings (SSSR count). The highest BCUT2D eigenvalue weighted by Crippen LogP contribution is 2.27. The molecule has 1 aliphatic rings. The van der Waals surface area contributed by atoms with E-state index < -0.39 is 0 Å². The molecular formula is C14H22BrN3O. The summed E-state index contributed by atoms with van der Waals surface area (Å²) in [4.78, 5) is 19.0. The Balaban J connectivity index is 2.24. The zero-order chi connectivity index (χ0) is 13.7. The molecular weight excluding hydrogens is 306 g/mol. The Labute approximate surface area is 123 Å². The predicted molar refractivity (Wildman–Crippen MR) is 82.2 cm³/mol. The minimum atomic E-state index is 0.0609. The molecule has 0 N–H and O–H groups in total. The van der Waals surface area contributed by atoms with Gasteiger partial charge >= 0.3 is 0 Å². The monoisotopic (exact) mass is 327 g/mol. The maximum absolute atomic E-state index is 12.5. The zero-order valence-electron chi connectivity index (χ0n) is 11.5. The van der Waals surface area contributed by atoms with Gasteiger partial charge in [-0.2, -0.15) is 0 Å². The first-order valence-corrected chi connectivity index (χ1v) is 8.28. The quantitative estimate of drug-likeness (QED) is 0.723. The lowest BCUT2D eigenvalue weighted by Gasteiger charge is -2.38. The van der Waals surface area contributed by atoms with Crippen LogP contribution in [0, 0.1) is 0 Å². The van der Waals surface area contributed by atoms with Crippen LogP contribution in [0.5, 0.6) is 0 Å². The van der Waals surface area contributed by atoms with Crippen molar-refractivity contribution in [2.45, 2.75) is 51.6 Å². The van der Waals surface area contributed by atoms with Crippen molar-refractivity contribution in [3.63, 3.8) is 0 Å². The van der Waals surface area contributed by atoms with Crippen molar-refractivity contribution in [2.24, 2.45) is 0 Å². The highest BCUT2D eigenvalue weighted by molar-refractivity contribution is 9.09. The fourth-order valence-electron chi connectivity index (χ4n) is 2.44. The SMILES string of the molecule is CCCn1ccnc(N(CCCBr)C2CCC2)c1=O. The molecule has 1 aromatic heterocycles. The largest absolute Gasteiger partial charge is 0.349 e. The summed E-state index contributed by atoms with van der Waals surface area (Å²) in [5, 5.41) is 0.964. The minimum absolute atomic E-state index is 0.0609. The second-order valence-electron chi connectivity index (χ2n) is 5.07. The molecule has 0 amide bonds. The first kappa shape index (κ1) is 14.6. The van der Waals surface area contributed by atoms with Gasteiger partial charge in [0.2, 0.25) is 0 Å². The number of alkyl halides is 1. The molecule has 0 aromatic carbocycles. The topological polar surface area (TPSA) is 38.1 Å². The highest BCUT2D eigenvalue weighted by atomic mass is 79.9. The molecule has 0 aliphatic heterocycles. The summed E-state index contributed by atoms with van der Waals surface area (Å²) in [6.45, 7) is 3.76. The lowest BCUT2D eigenvalue weighted by atomic mass is 9.91. The number of hydrogen-bond acceptors (Lipinski definition) is 3. The average molecular weight is 328 g/mol. The van der Waals surface area contributed by atoms with E-state index in [1.54, 1.807) is 17.0 Å². The number of anilines is 1. The molecule has 1 aliphatic carbocycles. The van der Waals surface area contributed by atoms with Crippen LogP contribution in [0.25, 0.3) is 0 Å². The smallest absolute Gasteiger partial charge is 0.293 e. The van der Waals surface area contributed by atoms with Gasteiger partial charge in [-0.1, -0.05) is 22.9 Å². The lowest BCUT2D eigenvalue weighted by Crippen LogP contribution is -2.45. The van der Waals surface area contributed by atoms with E-state index in [2.05, 4.69) is 32.7 Å². The summed E-state index contributed by atoms with van der Waals surface area (Å²) in [7, 11) is 0. The molecule has 0 atom stereocenters. The second-order valence-corrected chi connectivity index (χ2v) is 5.86. The zero-order valence-corrected chi connectivity index (χ0v) is 13.1. The third-order valence-electron chi connectivity index (χ3n) is 3.68. The van der Waals surface area contributed by atoms with E-state index >= 15 is 0 Å². The van der Waals surface area contributed by atoms with Gasteiger partial charge in [0.15, 0.2) is 5.82 Å². The van der Waals surface area contributed by atoms with Crippen LogP contribution < -0.4 is 10.5 Å². The number of rotatable bonds is 7. The van der Waals surface area contributed by atoms with Crippen LogP contribution in [0.2, 0.25) is 0 Å². The van der Waals surface area contributed by atoms with E-state index in [1.165, 1.54) is 19.3 Å². The van der Waals surface area contributed by atoms with Gasteiger partial charge in [0, 0.05) is 36.9 Å². The first-order chi connectivity index (χ1) is 9.27. The van der Waals surface area contributed by atoms with Crippen LogP contribution in [0.1, 0.15) is 39.0 Å². The van der Waals surface area contributed by atoms with Gasteiger partial charge in [-0.3, -0.25) is 4.79 Å². The third kappa shape index (κ3) is 3.38. The van der Waals surface area contributed by atoms with Crippen LogP contribution in [-0.4, -0.2) is 27.5 Å². The Bertz CT molecular complexity index is 456. The van der Waals surface area contributed by atoms with Crippen molar-refractivity contribution in [3.8, 4) is 0 Å². The third-order valence-corrected chi connectivity index (χ3v) is 4.24. The van der Waals surface area contributed by atoms with E-state index in [4.69, 9.17) is 0 Å². The van der Waals surface area contributed by atoms with Gasteiger partial charge in [0.05, 0.1) is 0 Å². The molecule has 0 saturated heterocycles. The Hall–Kier alpha value is -0.840. The molecule has 0 radical (unpaired) electrons. The molecule has 0 spiro atoms. The molecule has 0 bridgehead atoms. The molecule has 1 saturated carbocycles. The van der Waals surface area contributed by atoms with Crippen LogP contribution in [0.15, 0.2) is 17.2 Å². The van der Waals surface area contributed by atoms with Gasteiger partial charge < -0.3 is 9.47 Å². The summed E-state index contributed by atoms with van der Waals surface area (Å²) in [6.07, 6.45) is 9.20. The van der Waals surface area contributed by atoms with Gasteiger partial charge in [0.25, 0.3) is 5.56 Å². The molecule has 106 valence electrons. The van der Waals surface area contributed by atoms with E-state index in [9.17, 15) is 4.79 Å². The molecule has 1 fully saturated rings. The number of aromatic nitrogens is 2. The molecule has 19 heavy (non-hydrogen) atoms. The number of hydrogen-bond donors (Lipinski definition) is 0. The summed E-state index contributed by atoms with van der Waals surface area (Å²) in [5.74, 6) is 0.640. The van der Waals surface area contributed by atoms with E-state index in [1.807, 2.05) is 0 Å². The number of aryl methyl sites for hydroxylation is 1. The molecule has 4 nitrogen and oxygen atoms in total. The van der Waals surface area contributed by atoms with Crippen molar-refractivity contribution in [2.75, 3.05) is 16.8 Å². The Morgan fingerprint density at radius 2 is 2.32 bits per heavy atom. The van der Waals surface area contributed by atoms with Crippen molar-refractivity contribution in [1.29, 1.82) is 0 Å². The molecule has 1 aromatic rings. The van der Waals surface area contributed by atoms with Crippen LogP contribution in [0.4, 0.5) is 5.82 Å². The fourth-order valence-corrected chi connectivity index (χ4v) is 2.69. The van der Waals surface area contributed by atoms with E-state index in [0.29, 0.717) is 11.9 Å². The predicted octanol–water partition coefficient (Wildman–Crippen LogP) is 2.80. The van der Waals surface area contributed by atoms with E-state index in [0.717, 1.165) is 31.3 Å². The highest BCUT2D eigenvalue weighted by Gasteiger charge is 2.27. The van der Waals surface area contributed by atoms with Crippen molar-refractivity contribution >= 4 is 21.7 Å². The molecule has 5 heteroatoms. The normalized spacial score (nSPS) is 15.3. The van der Waals surface area contributed by atoms with Crippen LogP contribution >= 0.6 is 15.9 Å². The minimum Gasteiger partial charge on any atom is -0.349 e. The van der Waals surface area contributed by atoms with Gasteiger partial charge in [-0.05, 0) is 32.1 Å². The van der Waals surface area contributed by atoms with Gasteiger partial charge in [-0.25, -0.2) is 4.98 Å². The molecule has 0 unspecified atom stereocenters. The van der Waals surface area contributed by atoms with Gasteiger partial charge in [-0.15, -0.1) is 0 Å². The van der Waals surface area contributed by atoms with Gasteiger partial charge in [0.1, 0.15) is 0 Å². The Morgan fingerprint density at radius 3 is 2.89 bits per heavy atom. The maximum atomic E-state index is 12.5.